The van der Waals surface area contributed by atoms with Gasteiger partial charge in [0.2, 0.25) is 5.91 Å². The van der Waals surface area contributed by atoms with Gasteiger partial charge in [0.05, 0.1) is 17.5 Å². The van der Waals surface area contributed by atoms with Gasteiger partial charge in [-0.2, -0.15) is 0 Å². The topological polar surface area (TPSA) is 170 Å². The van der Waals surface area contributed by atoms with Crippen molar-refractivity contribution < 1.29 is 34.2 Å². The molecule has 1 saturated heterocycles. The monoisotopic (exact) mass is 596 g/mol. The van der Waals surface area contributed by atoms with Crippen molar-refractivity contribution >= 4 is 34.7 Å². The first kappa shape index (κ1) is 31.3. The second kappa shape index (κ2) is 10.8. The summed E-state index contributed by atoms with van der Waals surface area (Å²) in [5, 5.41) is 26.6. The molecule has 0 radical (unpaired) electrons. The van der Waals surface area contributed by atoms with Crippen LogP contribution < -0.4 is 16.0 Å². The Morgan fingerprint density at radius 1 is 1.16 bits per heavy atom. The summed E-state index contributed by atoms with van der Waals surface area (Å²) in [7, 11) is 3.16. The van der Waals surface area contributed by atoms with Crippen molar-refractivity contribution in [3.05, 3.63) is 22.8 Å². The Morgan fingerprint density at radius 3 is 2.35 bits per heavy atom. The van der Waals surface area contributed by atoms with Crippen LogP contribution in [0.2, 0.25) is 0 Å². The van der Waals surface area contributed by atoms with Crippen molar-refractivity contribution in [1.82, 2.24) is 10.2 Å². The predicted molar refractivity (Wildman–Crippen MR) is 159 cm³/mol. The molecule has 3 aliphatic carbocycles. The Labute approximate surface area is 252 Å². The number of aromatic hydroxyl groups is 1. The van der Waals surface area contributed by atoms with Crippen LogP contribution in [0.1, 0.15) is 68.4 Å². The largest absolute Gasteiger partial charge is 0.507 e. The summed E-state index contributed by atoms with van der Waals surface area (Å²) in [5.74, 6) is -10.3. The van der Waals surface area contributed by atoms with Gasteiger partial charge in [-0.25, -0.2) is 0 Å². The third kappa shape index (κ3) is 4.80. The molecule has 43 heavy (non-hydrogen) atoms. The summed E-state index contributed by atoms with van der Waals surface area (Å²) in [6.45, 7) is 10.6. The summed E-state index contributed by atoms with van der Waals surface area (Å²) in [5.41, 5.74) is 5.12. The standard InChI is InChI=1S/C32H44N4O7/c1-15(31(2,3)4)34-14-17-13-20(37)22-18(24(17)36-9-7-8-10-36)11-16-12-19-25(35(5)6)27(39)23(30(33)42)29(41)32(19,43)28(40)21(16)26(22)38/h13,15-16,19,21,23,25,34,37,43H,7-12,14H2,1-6H3,(H2,33,42)/t15-,16+,19+,21?,23?,25+,32+/m1/s1. The van der Waals surface area contributed by atoms with Gasteiger partial charge in [0.15, 0.2) is 34.7 Å². The molecule has 7 atom stereocenters. The molecule has 1 aromatic rings. The van der Waals surface area contributed by atoms with E-state index in [4.69, 9.17) is 5.73 Å². The lowest BCUT2D eigenvalue weighted by molar-refractivity contribution is -0.181. The van der Waals surface area contributed by atoms with E-state index in [0.29, 0.717) is 12.1 Å². The van der Waals surface area contributed by atoms with E-state index in [2.05, 4.69) is 37.9 Å². The van der Waals surface area contributed by atoms with Gasteiger partial charge in [-0.15, -0.1) is 0 Å². The van der Waals surface area contributed by atoms with Crippen LogP contribution >= 0.6 is 0 Å². The third-order valence-corrected chi connectivity index (χ3v) is 10.4. The molecule has 5 N–H and O–H groups in total. The maximum absolute atomic E-state index is 14.2. The maximum atomic E-state index is 14.2. The molecular weight excluding hydrogens is 552 g/mol. The number of carbonyl (C=O) groups excluding carboxylic acids is 5. The van der Waals surface area contributed by atoms with Crippen LogP contribution in [0.3, 0.4) is 0 Å². The molecule has 11 nitrogen and oxygen atoms in total. The highest BCUT2D eigenvalue weighted by Gasteiger charge is 2.69. The number of amides is 1. The van der Waals surface area contributed by atoms with E-state index in [1.165, 1.54) is 4.90 Å². The number of carbonyl (C=O) groups is 5. The predicted octanol–water partition coefficient (Wildman–Crippen LogP) is 0.991. The quantitative estimate of drug-likeness (QED) is 0.347. The highest BCUT2D eigenvalue weighted by atomic mass is 16.3. The number of likely N-dealkylation sites (N-methyl/N-ethyl adjacent to an activating group) is 1. The number of anilines is 1. The molecule has 2 unspecified atom stereocenters. The van der Waals surface area contributed by atoms with Crippen molar-refractivity contribution in [3.8, 4) is 5.75 Å². The van der Waals surface area contributed by atoms with E-state index < -0.39 is 64.4 Å². The zero-order valence-electron chi connectivity index (χ0n) is 25.9. The average molecular weight is 597 g/mol. The number of nitrogens with zero attached hydrogens (tertiary/aromatic N) is 2. The lowest BCUT2D eigenvalue weighted by atomic mass is 9.52. The van der Waals surface area contributed by atoms with E-state index in [-0.39, 0.29) is 35.6 Å². The molecule has 1 aliphatic heterocycles. The Hall–Kier alpha value is -3.15. The number of aliphatic hydroxyl groups is 1. The summed E-state index contributed by atoms with van der Waals surface area (Å²) in [6, 6.07) is 0.626. The van der Waals surface area contributed by atoms with Gasteiger partial charge in [0.1, 0.15) is 5.75 Å². The van der Waals surface area contributed by atoms with Gasteiger partial charge in [0.25, 0.3) is 0 Å². The summed E-state index contributed by atoms with van der Waals surface area (Å²) in [4.78, 5) is 71.1. The molecule has 1 aromatic carbocycles. The molecule has 11 heteroatoms. The fourth-order valence-corrected chi connectivity index (χ4v) is 7.77. The normalized spacial score (nSPS) is 31.6. The number of phenolic OH excluding ortho intramolecular Hbond substituents is 1. The lowest BCUT2D eigenvalue weighted by Crippen LogP contribution is -2.74. The molecule has 234 valence electrons. The number of hydrogen-bond acceptors (Lipinski definition) is 10. The van der Waals surface area contributed by atoms with E-state index in [9.17, 15) is 34.2 Å². The number of ketones is 4. The summed E-state index contributed by atoms with van der Waals surface area (Å²) < 4.78 is 0. The molecular formula is C32H44N4O7. The smallest absolute Gasteiger partial charge is 0.235 e. The Bertz CT molecular complexity index is 1390. The fourth-order valence-electron chi connectivity index (χ4n) is 7.77. The zero-order valence-corrected chi connectivity index (χ0v) is 25.9. The Balaban J connectivity index is 1.62. The maximum Gasteiger partial charge on any atom is 0.235 e. The van der Waals surface area contributed by atoms with Gasteiger partial charge in [0, 0.05) is 37.3 Å². The molecule has 5 rings (SSSR count). The number of Topliss-reactive ketones (excluding diaryl/α,β-unsaturated/α-hetero) is 4. The molecule has 3 fully saturated rings. The number of hydrogen-bond donors (Lipinski definition) is 4. The first-order valence-corrected chi connectivity index (χ1v) is 15.2. The molecule has 0 spiro atoms. The highest BCUT2D eigenvalue weighted by Crippen LogP contribution is 2.52. The van der Waals surface area contributed by atoms with E-state index in [1.807, 2.05) is 0 Å². The van der Waals surface area contributed by atoms with Crippen molar-refractivity contribution in [3.63, 3.8) is 0 Å². The van der Waals surface area contributed by atoms with Crippen LogP contribution in [0.25, 0.3) is 0 Å². The average Bonchev–Trinajstić information content (AvgIpc) is 3.42. The first-order chi connectivity index (χ1) is 20.0. The SMILES string of the molecule is C[C@@H](NCc1cc(O)c2c(c1N1CCCC1)C[C@H]1C[C@H]3[C@H](N(C)C)C(=O)C(C(N)=O)C(=O)[C@@]3(O)C(=O)C1C2=O)C(C)(C)C. The minimum atomic E-state index is -2.72. The zero-order chi connectivity index (χ0) is 31.8. The fraction of sp³-hybridized carbons (Fsp3) is 0.656. The third-order valence-electron chi connectivity index (χ3n) is 10.4. The Kier molecular flexibility index (Phi) is 7.84. The molecule has 0 aromatic heterocycles. The van der Waals surface area contributed by atoms with Crippen LogP contribution in [0.15, 0.2) is 6.07 Å². The second-order valence-electron chi connectivity index (χ2n) is 14.2. The van der Waals surface area contributed by atoms with Crippen molar-refractivity contribution in [2.45, 2.75) is 77.6 Å². The van der Waals surface area contributed by atoms with Gasteiger partial charge < -0.3 is 26.2 Å². The summed E-state index contributed by atoms with van der Waals surface area (Å²) in [6.07, 6.45) is 2.27. The second-order valence-corrected chi connectivity index (χ2v) is 14.2. The van der Waals surface area contributed by atoms with Crippen LogP contribution in [0, 0.1) is 29.1 Å². The van der Waals surface area contributed by atoms with Gasteiger partial charge in [-0.1, -0.05) is 20.8 Å². The number of nitrogens with one attached hydrogen (secondary N) is 1. The molecule has 1 amide bonds. The number of benzene rings is 1. The van der Waals surface area contributed by atoms with Gasteiger partial charge in [-0.3, -0.25) is 28.9 Å². The van der Waals surface area contributed by atoms with Crippen molar-refractivity contribution in [2.24, 2.45) is 34.8 Å². The van der Waals surface area contributed by atoms with Crippen LogP contribution in [0.4, 0.5) is 5.69 Å². The first-order valence-electron chi connectivity index (χ1n) is 15.2. The number of phenols is 1. The van der Waals surface area contributed by atoms with E-state index >= 15 is 0 Å². The highest BCUT2D eigenvalue weighted by molar-refractivity contribution is 6.32. The number of nitrogens with two attached hydrogens (primary N) is 1. The van der Waals surface area contributed by atoms with Gasteiger partial charge >= 0.3 is 0 Å². The molecule has 1 heterocycles. The summed E-state index contributed by atoms with van der Waals surface area (Å²) >= 11 is 0. The van der Waals surface area contributed by atoms with Crippen molar-refractivity contribution in [1.29, 1.82) is 0 Å². The van der Waals surface area contributed by atoms with Crippen LogP contribution in [-0.2, 0) is 32.1 Å². The van der Waals surface area contributed by atoms with Crippen LogP contribution in [-0.4, -0.2) is 89.0 Å². The number of fused-ring (bicyclic) bond motifs is 3. The minimum absolute atomic E-state index is 0.00212. The lowest BCUT2D eigenvalue weighted by Gasteiger charge is -2.52. The number of primary amides is 1. The Morgan fingerprint density at radius 2 is 1.79 bits per heavy atom. The minimum Gasteiger partial charge on any atom is -0.507 e. The molecule has 2 saturated carbocycles. The van der Waals surface area contributed by atoms with Crippen LogP contribution in [0.5, 0.6) is 5.75 Å². The van der Waals surface area contributed by atoms with Gasteiger partial charge in [-0.05, 0) is 75.2 Å². The number of rotatable bonds is 6. The molecule has 0 bridgehead atoms. The molecule has 4 aliphatic rings. The van der Waals surface area contributed by atoms with E-state index in [0.717, 1.165) is 37.2 Å². The van der Waals surface area contributed by atoms with E-state index in [1.54, 1.807) is 20.2 Å². The van der Waals surface area contributed by atoms with Crippen molar-refractivity contribution in [2.75, 3.05) is 32.1 Å².